The Morgan fingerprint density at radius 3 is 2.89 bits per heavy atom. The fourth-order valence-corrected chi connectivity index (χ4v) is 1.48. The zero-order valence-corrected chi connectivity index (χ0v) is 11.8. The highest BCUT2D eigenvalue weighted by molar-refractivity contribution is 6.30. The molecule has 0 aliphatic heterocycles. The summed E-state index contributed by atoms with van der Waals surface area (Å²) in [6.07, 6.45) is 0.00692. The van der Waals surface area contributed by atoms with Crippen LogP contribution in [-0.2, 0) is 9.53 Å². The van der Waals surface area contributed by atoms with Crippen LogP contribution in [0.3, 0.4) is 0 Å². The van der Waals surface area contributed by atoms with Crippen LogP contribution in [0.2, 0.25) is 5.02 Å². The van der Waals surface area contributed by atoms with Gasteiger partial charge in [-0.25, -0.2) is 0 Å². The van der Waals surface area contributed by atoms with Gasteiger partial charge in [-0.3, -0.25) is 4.79 Å². The van der Waals surface area contributed by atoms with Crippen LogP contribution in [0.5, 0.6) is 0 Å². The molecule has 0 radical (unpaired) electrons. The van der Waals surface area contributed by atoms with Crippen LogP contribution < -0.4 is 11.1 Å². The summed E-state index contributed by atoms with van der Waals surface area (Å²) >= 11 is 5.90. The standard InChI is InChI=1S/C14H17ClN2O2/c1-10(2)19-9-14(18)17-13-6-5-12(15)8-11(13)4-3-7-16/h5-6,8,10H,7,9,16H2,1-2H3,(H,17,18). The molecule has 0 saturated heterocycles. The molecule has 3 N–H and O–H groups in total. The average molecular weight is 281 g/mol. The number of anilines is 1. The van der Waals surface area contributed by atoms with Crippen molar-refractivity contribution in [2.24, 2.45) is 5.73 Å². The van der Waals surface area contributed by atoms with Gasteiger partial charge >= 0.3 is 0 Å². The number of carbonyl (C=O) groups is 1. The fraction of sp³-hybridized carbons (Fsp3) is 0.357. The van der Waals surface area contributed by atoms with Crippen LogP contribution in [0, 0.1) is 11.8 Å². The number of nitrogens with two attached hydrogens (primary N) is 1. The lowest BCUT2D eigenvalue weighted by Gasteiger charge is -2.10. The summed E-state index contributed by atoms with van der Waals surface area (Å²) in [5.41, 5.74) is 6.57. The van der Waals surface area contributed by atoms with Gasteiger partial charge in [0.15, 0.2) is 0 Å². The van der Waals surface area contributed by atoms with Gasteiger partial charge in [0.1, 0.15) is 6.61 Å². The molecular weight excluding hydrogens is 264 g/mol. The molecule has 5 heteroatoms. The fourth-order valence-electron chi connectivity index (χ4n) is 1.30. The number of benzene rings is 1. The Kier molecular flexibility index (Phi) is 6.37. The molecule has 0 fully saturated rings. The summed E-state index contributed by atoms with van der Waals surface area (Å²) in [6.45, 7) is 3.99. The Labute approximate surface area is 118 Å². The van der Waals surface area contributed by atoms with Gasteiger partial charge in [-0.15, -0.1) is 0 Å². The molecule has 0 heterocycles. The molecule has 1 amide bonds. The van der Waals surface area contributed by atoms with Crippen LogP contribution >= 0.6 is 11.6 Å². The molecule has 0 aliphatic carbocycles. The predicted molar refractivity (Wildman–Crippen MR) is 77.1 cm³/mol. The van der Waals surface area contributed by atoms with Gasteiger partial charge in [0.25, 0.3) is 0 Å². The minimum absolute atomic E-state index is 0.00402. The number of nitrogens with one attached hydrogen (secondary N) is 1. The first-order valence-electron chi connectivity index (χ1n) is 5.93. The van der Waals surface area contributed by atoms with Crippen molar-refractivity contribution in [2.45, 2.75) is 20.0 Å². The normalized spacial score (nSPS) is 9.95. The van der Waals surface area contributed by atoms with E-state index in [1.165, 1.54) is 0 Å². The molecule has 19 heavy (non-hydrogen) atoms. The molecule has 102 valence electrons. The summed E-state index contributed by atoms with van der Waals surface area (Å²) < 4.78 is 5.23. The quantitative estimate of drug-likeness (QED) is 0.830. The second-order valence-electron chi connectivity index (χ2n) is 4.10. The summed E-state index contributed by atoms with van der Waals surface area (Å²) in [5.74, 6) is 5.37. The van der Waals surface area contributed by atoms with E-state index in [-0.39, 0.29) is 25.2 Å². The van der Waals surface area contributed by atoms with E-state index in [1.807, 2.05) is 13.8 Å². The summed E-state index contributed by atoms with van der Waals surface area (Å²) in [7, 11) is 0. The van der Waals surface area contributed by atoms with Gasteiger partial charge in [0.05, 0.1) is 18.3 Å². The lowest BCUT2D eigenvalue weighted by molar-refractivity contribution is -0.121. The Morgan fingerprint density at radius 1 is 1.53 bits per heavy atom. The first kappa shape index (κ1) is 15.5. The van der Waals surface area contributed by atoms with Crippen molar-refractivity contribution in [3.05, 3.63) is 28.8 Å². The Balaban J connectivity index is 2.79. The minimum atomic E-state index is -0.230. The van der Waals surface area contributed by atoms with Crippen molar-refractivity contribution in [2.75, 3.05) is 18.5 Å². The van der Waals surface area contributed by atoms with Crippen molar-refractivity contribution in [1.29, 1.82) is 0 Å². The predicted octanol–water partition coefficient (Wildman–Crippen LogP) is 2.01. The highest BCUT2D eigenvalue weighted by Gasteiger charge is 2.07. The summed E-state index contributed by atoms with van der Waals surface area (Å²) in [6, 6.07) is 5.08. The van der Waals surface area contributed by atoms with Crippen molar-refractivity contribution in [1.82, 2.24) is 0 Å². The maximum absolute atomic E-state index is 11.7. The number of halogens is 1. The van der Waals surface area contributed by atoms with Crippen LogP contribution in [0.25, 0.3) is 0 Å². The molecule has 0 spiro atoms. The zero-order valence-electron chi connectivity index (χ0n) is 11.0. The van der Waals surface area contributed by atoms with E-state index in [0.717, 1.165) is 0 Å². The van der Waals surface area contributed by atoms with Gasteiger partial charge in [-0.2, -0.15) is 0 Å². The van der Waals surface area contributed by atoms with Gasteiger partial charge in [0.2, 0.25) is 5.91 Å². The SMILES string of the molecule is CC(C)OCC(=O)Nc1ccc(Cl)cc1C#CCN. The molecule has 0 aliphatic rings. The smallest absolute Gasteiger partial charge is 0.250 e. The molecule has 1 aromatic carbocycles. The molecule has 0 atom stereocenters. The van der Waals surface area contributed by atoms with E-state index in [9.17, 15) is 4.79 Å². The molecular formula is C14H17ClN2O2. The molecule has 4 nitrogen and oxygen atoms in total. The van der Waals surface area contributed by atoms with Crippen LogP contribution in [0.15, 0.2) is 18.2 Å². The van der Waals surface area contributed by atoms with E-state index in [1.54, 1.807) is 18.2 Å². The topological polar surface area (TPSA) is 64.3 Å². The van der Waals surface area contributed by atoms with E-state index in [2.05, 4.69) is 17.2 Å². The van der Waals surface area contributed by atoms with Crippen LogP contribution in [0.4, 0.5) is 5.69 Å². The van der Waals surface area contributed by atoms with Crippen molar-refractivity contribution in [3.63, 3.8) is 0 Å². The Hall–Kier alpha value is -1.54. The van der Waals surface area contributed by atoms with Gasteiger partial charge in [-0.1, -0.05) is 23.4 Å². The highest BCUT2D eigenvalue weighted by atomic mass is 35.5. The summed E-state index contributed by atoms with van der Waals surface area (Å²) in [4.78, 5) is 11.7. The molecule has 1 rings (SSSR count). The number of hydrogen-bond donors (Lipinski definition) is 2. The second kappa shape index (κ2) is 7.80. The maximum Gasteiger partial charge on any atom is 0.250 e. The van der Waals surface area contributed by atoms with E-state index >= 15 is 0 Å². The van der Waals surface area contributed by atoms with Crippen LogP contribution in [-0.4, -0.2) is 25.2 Å². The molecule has 1 aromatic rings. The first-order chi connectivity index (χ1) is 9.02. The van der Waals surface area contributed by atoms with Gasteiger partial charge in [-0.05, 0) is 32.0 Å². The lowest BCUT2D eigenvalue weighted by Crippen LogP contribution is -2.21. The largest absolute Gasteiger partial charge is 0.369 e. The first-order valence-corrected chi connectivity index (χ1v) is 6.30. The third kappa shape index (κ3) is 5.75. The van der Waals surface area contributed by atoms with E-state index < -0.39 is 0 Å². The monoisotopic (exact) mass is 280 g/mol. The van der Waals surface area contributed by atoms with Crippen molar-refractivity contribution < 1.29 is 9.53 Å². The van der Waals surface area contributed by atoms with E-state index in [4.69, 9.17) is 22.1 Å². The number of hydrogen-bond acceptors (Lipinski definition) is 3. The number of carbonyl (C=O) groups excluding carboxylic acids is 1. The average Bonchev–Trinajstić information content (AvgIpc) is 2.36. The Morgan fingerprint density at radius 2 is 2.26 bits per heavy atom. The summed E-state index contributed by atoms with van der Waals surface area (Å²) in [5, 5.41) is 3.29. The molecule has 0 unspecified atom stereocenters. The minimum Gasteiger partial charge on any atom is -0.369 e. The molecule has 0 aromatic heterocycles. The van der Waals surface area contributed by atoms with Gasteiger partial charge < -0.3 is 15.8 Å². The number of rotatable bonds is 4. The number of ether oxygens (including phenoxy) is 1. The second-order valence-corrected chi connectivity index (χ2v) is 4.54. The molecule has 0 saturated carbocycles. The Bertz CT molecular complexity index is 504. The molecule has 0 bridgehead atoms. The third-order valence-corrected chi connectivity index (χ3v) is 2.36. The highest BCUT2D eigenvalue weighted by Crippen LogP contribution is 2.19. The van der Waals surface area contributed by atoms with Crippen LogP contribution in [0.1, 0.15) is 19.4 Å². The maximum atomic E-state index is 11.7. The zero-order chi connectivity index (χ0) is 14.3. The lowest BCUT2D eigenvalue weighted by atomic mass is 10.2. The number of amides is 1. The van der Waals surface area contributed by atoms with Crippen molar-refractivity contribution in [3.8, 4) is 11.8 Å². The van der Waals surface area contributed by atoms with Crippen molar-refractivity contribution >= 4 is 23.2 Å². The third-order valence-electron chi connectivity index (χ3n) is 2.13. The van der Waals surface area contributed by atoms with Gasteiger partial charge in [0, 0.05) is 10.6 Å². The van der Waals surface area contributed by atoms with E-state index in [0.29, 0.717) is 16.3 Å².